The van der Waals surface area contributed by atoms with Gasteiger partial charge in [0.25, 0.3) is 5.91 Å². The van der Waals surface area contributed by atoms with E-state index in [0.717, 1.165) is 37.2 Å². The highest BCUT2D eigenvalue weighted by atomic mass is 16.5. The van der Waals surface area contributed by atoms with E-state index in [2.05, 4.69) is 23.3 Å². The van der Waals surface area contributed by atoms with Crippen molar-refractivity contribution in [2.24, 2.45) is 0 Å². The number of hydrogen-bond donors (Lipinski definition) is 1. The number of nitrogens with one attached hydrogen (secondary N) is 1. The maximum Gasteiger partial charge on any atom is 0.253 e. The number of nitrogens with zero attached hydrogens (tertiary/aromatic N) is 1. The van der Waals surface area contributed by atoms with Crippen LogP contribution >= 0.6 is 0 Å². The van der Waals surface area contributed by atoms with Crippen LogP contribution in [0.3, 0.4) is 0 Å². The molecule has 3 aromatic rings. The number of carbonyl (C=O) groups is 1. The number of aromatic amines is 1. The number of amides is 1. The Kier molecular flexibility index (Phi) is 4.75. The van der Waals surface area contributed by atoms with E-state index in [-0.39, 0.29) is 5.91 Å². The average Bonchev–Trinajstić information content (AvgIpc) is 3.16. The maximum atomic E-state index is 12.8. The Balaban J connectivity index is 1.48. The molecule has 27 heavy (non-hydrogen) atoms. The SMILES string of the molecule is COc1cccc(C(=O)N2CCC(c3c[nH]c4ccc(OC)cc34)CC2)c1. The zero-order valence-electron chi connectivity index (χ0n) is 15.7. The van der Waals surface area contributed by atoms with Crippen molar-refractivity contribution in [3.05, 3.63) is 59.8 Å². The van der Waals surface area contributed by atoms with Crippen LogP contribution in [0.5, 0.6) is 11.5 Å². The van der Waals surface area contributed by atoms with Gasteiger partial charge < -0.3 is 19.4 Å². The van der Waals surface area contributed by atoms with Crippen molar-refractivity contribution in [2.45, 2.75) is 18.8 Å². The second-order valence-corrected chi connectivity index (χ2v) is 6.95. The van der Waals surface area contributed by atoms with Crippen molar-refractivity contribution in [2.75, 3.05) is 27.3 Å². The van der Waals surface area contributed by atoms with Crippen LogP contribution in [0.4, 0.5) is 0 Å². The third-order valence-electron chi connectivity index (χ3n) is 5.46. The molecule has 5 nitrogen and oxygen atoms in total. The molecule has 2 aromatic carbocycles. The largest absolute Gasteiger partial charge is 0.497 e. The van der Waals surface area contributed by atoms with E-state index in [0.29, 0.717) is 17.2 Å². The number of fused-ring (bicyclic) bond motifs is 1. The van der Waals surface area contributed by atoms with Gasteiger partial charge in [-0.2, -0.15) is 0 Å². The van der Waals surface area contributed by atoms with Gasteiger partial charge in [-0.15, -0.1) is 0 Å². The Morgan fingerprint density at radius 2 is 1.78 bits per heavy atom. The van der Waals surface area contributed by atoms with Gasteiger partial charge in [0.05, 0.1) is 14.2 Å². The van der Waals surface area contributed by atoms with Crippen molar-refractivity contribution >= 4 is 16.8 Å². The molecule has 1 N–H and O–H groups in total. The molecule has 0 spiro atoms. The number of benzene rings is 2. The first kappa shape index (κ1) is 17.5. The van der Waals surface area contributed by atoms with Crippen LogP contribution in [0.2, 0.25) is 0 Å². The third kappa shape index (κ3) is 3.37. The lowest BCUT2D eigenvalue weighted by Gasteiger charge is -2.32. The minimum absolute atomic E-state index is 0.0768. The highest BCUT2D eigenvalue weighted by Crippen LogP contribution is 2.35. The van der Waals surface area contributed by atoms with Crippen molar-refractivity contribution < 1.29 is 14.3 Å². The lowest BCUT2D eigenvalue weighted by atomic mass is 9.89. The minimum Gasteiger partial charge on any atom is -0.497 e. The van der Waals surface area contributed by atoms with E-state index in [1.54, 1.807) is 20.3 Å². The number of piperidine rings is 1. The molecule has 0 aliphatic carbocycles. The summed E-state index contributed by atoms with van der Waals surface area (Å²) in [6.07, 6.45) is 4.02. The first-order valence-corrected chi connectivity index (χ1v) is 9.28. The molecule has 0 saturated carbocycles. The molecular weight excluding hydrogens is 340 g/mol. The van der Waals surface area contributed by atoms with Gasteiger partial charge in [0, 0.05) is 35.8 Å². The molecule has 140 valence electrons. The summed E-state index contributed by atoms with van der Waals surface area (Å²) in [6.45, 7) is 1.52. The lowest BCUT2D eigenvalue weighted by molar-refractivity contribution is 0.0713. The molecule has 0 bridgehead atoms. The summed E-state index contributed by atoms with van der Waals surface area (Å²) < 4.78 is 10.6. The van der Waals surface area contributed by atoms with Crippen LogP contribution in [0, 0.1) is 0 Å². The number of aromatic nitrogens is 1. The molecule has 1 saturated heterocycles. The molecule has 0 radical (unpaired) electrons. The van der Waals surface area contributed by atoms with E-state index >= 15 is 0 Å². The quantitative estimate of drug-likeness (QED) is 0.755. The van der Waals surface area contributed by atoms with Gasteiger partial charge in [-0.25, -0.2) is 0 Å². The monoisotopic (exact) mass is 364 g/mol. The molecule has 2 heterocycles. The summed E-state index contributed by atoms with van der Waals surface area (Å²) in [6, 6.07) is 13.5. The number of methoxy groups -OCH3 is 2. The number of likely N-dealkylation sites (tertiary alicyclic amines) is 1. The van der Waals surface area contributed by atoms with E-state index < -0.39 is 0 Å². The van der Waals surface area contributed by atoms with Gasteiger partial charge in [0.2, 0.25) is 0 Å². The zero-order valence-corrected chi connectivity index (χ0v) is 15.7. The minimum atomic E-state index is 0.0768. The van der Waals surface area contributed by atoms with E-state index in [4.69, 9.17) is 9.47 Å². The Morgan fingerprint density at radius 3 is 2.52 bits per heavy atom. The molecule has 1 aliphatic rings. The van der Waals surface area contributed by atoms with Gasteiger partial charge in [0.1, 0.15) is 11.5 Å². The second kappa shape index (κ2) is 7.35. The summed E-state index contributed by atoms with van der Waals surface area (Å²) in [4.78, 5) is 18.1. The Bertz CT molecular complexity index is 955. The Hall–Kier alpha value is -2.95. The van der Waals surface area contributed by atoms with E-state index in [9.17, 15) is 4.79 Å². The van der Waals surface area contributed by atoms with Gasteiger partial charge in [-0.05, 0) is 60.7 Å². The second-order valence-electron chi connectivity index (χ2n) is 6.95. The fourth-order valence-corrected chi connectivity index (χ4v) is 3.92. The van der Waals surface area contributed by atoms with Crippen molar-refractivity contribution in [1.29, 1.82) is 0 Å². The predicted octanol–water partition coefficient (Wildman–Crippen LogP) is 4.20. The van der Waals surface area contributed by atoms with Crippen LogP contribution < -0.4 is 9.47 Å². The topological polar surface area (TPSA) is 54.6 Å². The van der Waals surface area contributed by atoms with E-state index in [1.165, 1.54) is 10.9 Å². The molecule has 1 aliphatic heterocycles. The summed E-state index contributed by atoms with van der Waals surface area (Å²) in [5.41, 5.74) is 3.13. The fraction of sp³-hybridized carbons (Fsp3) is 0.318. The lowest BCUT2D eigenvalue weighted by Crippen LogP contribution is -2.37. The molecule has 5 heteroatoms. The highest BCUT2D eigenvalue weighted by molar-refractivity contribution is 5.94. The van der Waals surface area contributed by atoms with Gasteiger partial charge in [0.15, 0.2) is 0 Å². The molecule has 1 fully saturated rings. The maximum absolute atomic E-state index is 12.8. The molecular formula is C22H24N2O3. The number of rotatable bonds is 4. The van der Waals surface area contributed by atoms with Gasteiger partial charge >= 0.3 is 0 Å². The van der Waals surface area contributed by atoms with Crippen molar-refractivity contribution in [3.63, 3.8) is 0 Å². The van der Waals surface area contributed by atoms with Crippen LogP contribution in [-0.4, -0.2) is 43.1 Å². The summed E-state index contributed by atoms with van der Waals surface area (Å²) in [5.74, 6) is 2.10. The number of carbonyl (C=O) groups excluding carboxylic acids is 1. The third-order valence-corrected chi connectivity index (χ3v) is 5.46. The standard InChI is InChI=1S/C22H24N2O3/c1-26-17-5-3-4-16(12-17)22(25)24-10-8-15(9-11-24)20-14-23-21-7-6-18(27-2)13-19(20)21/h3-7,12-15,23H,8-11H2,1-2H3. The van der Waals surface area contributed by atoms with Crippen LogP contribution in [0.15, 0.2) is 48.7 Å². The highest BCUT2D eigenvalue weighted by Gasteiger charge is 2.26. The van der Waals surface area contributed by atoms with Crippen molar-refractivity contribution in [3.8, 4) is 11.5 Å². The predicted molar refractivity (Wildman–Crippen MR) is 106 cm³/mol. The van der Waals surface area contributed by atoms with Gasteiger partial charge in [-0.3, -0.25) is 4.79 Å². The normalized spacial score (nSPS) is 15.1. The van der Waals surface area contributed by atoms with Gasteiger partial charge in [-0.1, -0.05) is 6.07 Å². The Morgan fingerprint density at radius 1 is 1.04 bits per heavy atom. The zero-order chi connectivity index (χ0) is 18.8. The molecule has 0 atom stereocenters. The average molecular weight is 364 g/mol. The molecule has 1 amide bonds. The van der Waals surface area contributed by atoms with E-state index in [1.807, 2.05) is 29.2 Å². The number of ether oxygens (including phenoxy) is 2. The fourth-order valence-electron chi connectivity index (χ4n) is 3.92. The smallest absolute Gasteiger partial charge is 0.253 e. The molecule has 0 unspecified atom stereocenters. The van der Waals surface area contributed by atoms with Crippen LogP contribution in [-0.2, 0) is 0 Å². The van der Waals surface area contributed by atoms with Crippen LogP contribution in [0.25, 0.3) is 10.9 Å². The Labute approximate surface area is 158 Å². The summed E-state index contributed by atoms with van der Waals surface area (Å²) >= 11 is 0. The number of H-pyrrole nitrogens is 1. The van der Waals surface area contributed by atoms with Crippen LogP contribution in [0.1, 0.15) is 34.7 Å². The molecule has 4 rings (SSSR count). The summed E-state index contributed by atoms with van der Waals surface area (Å²) in [5, 5.41) is 1.21. The number of hydrogen-bond acceptors (Lipinski definition) is 3. The van der Waals surface area contributed by atoms with Crippen molar-refractivity contribution in [1.82, 2.24) is 9.88 Å². The first-order valence-electron chi connectivity index (χ1n) is 9.28. The summed E-state index contributed by atoms with van der Waals surface area (Å²) in [7, 11) is 3.31. The molecule has 1 aromatic heterocycles. The first-order chi connectivity index (χ1) is 13.2.